The lowest BCUT2D eigenvalue weighted by Crippen LogP contribution is -2.55. The van der Waals surface area contributed by atoms with Gasteiger partial charge in [-0.1, -0.05) is 60.7 Å². The van der Waals surface area contributed by atoms with Gasteiger partial charge in [-0.25, -0.2) is 4.79 Å². The summed E-state index contributed by atoms with van der Waals surface area (Å²) < 4.78 is 11.4. The molecule has 4 nitrogen and oxygen atoms in total. The molecule has 1 heterocycles. The first-order valence-electron chi connectivity index (χ1n) is 7.94. The maximum absolute atomic E-state index is 12.5. The zero-order valence-corrected chi connectivity index (χ0v) is 13.3. The fraction of sp³-hybridized carbons (Fsp3) is 0.316. The van der Waals surface area contributed by atoms with Crippen LogP contribution >= 0.6 is 0 Å². The third-order valence-electron chi connectivity index (χ3n) is 4.11. The molecule has 1 saturated heterocycles. The van der Waals surface area contributed by atoms with Crippen molar-refractivity contribution in [2.24, 2.45) is 0 Å². The van der Waals surface area contributed by atoms with E-state index in [2.05, 4.69) is 0 Å². The first kappa shape index (κ1) is 15.6. The molecule has 1 aliphatic rings. The zero-order chi connectivity index (χ0) is 16.1. The van der Waals surface area contributed by atoms with Gasteiger partial charge in [-0.2, -0.15) is 0 Å². The van der Waals surface area contributed by atoms with Crippen LogP contribution in [0, 0.1) is 0 Å². The molecule has 23 heavy (non-hydrogen) atoms. The van der Waals surface area contributed by atoms with Crippen LogP contribution in [0.5, 0.6) is 0 Å². The second-order valence-electron chi connectivity index (χ2n) is 5.52. The van der Waals surface area contributed by atoms with Crippen LogP contribution in [0.4, 0.5) is 4.79 Å². The summed E-state index contributed by atoms with van der Waals surface area (Å²) in [6.45, 7) is 3.28. The first-order valence-corrected chi connectivity index (χ1v) is 7.94. The van der Waals surface area contributed by atoms with Gasteiger partial charge in [0.05, 0.1) is 13.2 Å². The minimum atomic E-state index is -0.777. The molecule has 1 unspecified atom stereocenters. The van der Waals surface area contributed by atoms with Crippen molar-refractivity contribution in [2.75, 3.05) is 13.2 Å². The predicted molar refractivity (Wildman–Crippen MR) is 87.7 cm³/mol. The van der Waals surface area contributed by atoms with Crippen molar-refractivity contribution in [3.8, 4) is 0 Å². The lowest BCUT2D eigenvalue weighted by atomic mass is 9.95. The summed E-state index contributed by atoms with van der Waals surface area (Å²) in [7, 11) is 0. The molecule has 0 bridgehead atoms. The summed E-state index contributed by atoms with van der Waals surface area (Å²) in [5, 5.41) is 0. The Bertz CT molecular complexity index is 640. The molecule has 2 aromatic carbocycles. The number of rotatable bonds is 5. The molecule has 0 aliphatic carbocycles. The van der Waals surface area contributed by atoms with E-state index in [1.165, 1.54) is 0 Å². The number of carbonyl (C=O) groups is 1. The summed E-state index contributed by atoms with van der Waals surface area (Å²) in [5.41, 5.74) is 1.25. The Balaban J connectivity index is 2.01. The molecule has 1 aliphatic heterocycles. The highest BCUT2D eigenvalue weighted by molar-refractivity contribution is 5.70. The number of benzene rings is 2. The van der Waals surface area contributed by atoms with Crippen molar-refractivity contribution in [2.45, 2.75) is 25.6 Å². The summed E-state index contributed by atoms with van der Waals surface area (Å²) in [6, 6.07) is 19.8. The van der Waals surface area contributed by atoms with E-state index < -0.39 is 5.72 Å². The topological polar surface area (TPSA) is 38.8 Å². The van der Waals surface area contributed by atoms with Gasteiger partial charge in [-0.15, -0.1) is 0 Å². The number of amides is 1. The molecule has 4 heteroatoms. The van der Waals surface area contributed by atoms with Crippen LogP contribution in [0.25, 0.3) is 0 Å². The minimum Gasteiger partial charge on any atom is -0.449 e. The van der Waals surface area contributed by atoms with E-state index in [9.17, 15) is 4.79 Å². The predicted octanol–water partition coefficient (Wildman–Crippen LogP) is 3.92. The van der Waals surface area contributed by atoms with E-state index in [-0.39, 0.29) is 6.09 Å². The Labute approximate surface area is 136 Å². The van der Waals surface area contributed by atoms with Crippen molar-refractivity contribution >= 4 is 6.09 Å². The molecule has 0 saturated carbocycles. The molecule has 0 N–H and O–H groups in total. The van der Waals surface area contributed by atoms with Gasteiger partial charge in [-0.3, -0.25) is 4.90 Å². The van der Waals surface area contributed by atoms with Crippen LogP contribution in [0.15, 0.2) is 60.7 Å². The SMILES string of the molecule is CCOC1(c2ccccc2)CCOC(=O)N1Cc1ccccc1. The summed E-state index contributed by atoms with van der Waals surface area (Å²) in [5.74, 6) is 0. The number of hydrogen-bond acceptors (Lipinski definition) is 3. The second-order valence-corrected chi connectivity index (χ2v) is 5.52. The van der Waals surface area contributed by atoms with E-state index in [0.29, 0.717) is 26.2 Å². The van der Waals surface area contributed by atoms with Crippen LogP contribution < -0.4 is 0 Å². The van der Waals surface area contributed by atoms with Gasteiger partial charge in [0.2, 0.25) is 0 Å². The van der Waals surface area contributed by atoms with Crippen LogP contribution in [0.3, 0.4) is 0 Å². The summed E-state index contributed by atoms with van der Waals surface area (Å²) in [4.78, 5) is 14.2. The maximum Gasteiger partial charge on any atom is 0.412 e. The van der Waals surface area contributed by atoms with Gasteiger partial charge in [0.1, 0.15) is 0 Å². The number of hydrogen-bond donors (Lipinski definition) is 0. The lowest BCUT2D eigenvalue weighted by molar-refractivity contribution is -0.182. The van der Waals surface area contributed by atoms with Gasteiger partial charge in [0, 0.05) is 18.6 Å². The van der Waals surface area contributed by atoms with Crippen molar-refractivity contribution < 1.29 is 14.3 Å². The summed E-state index contributed by atoms with van der Waals surface area (Å²) in [6.07, 6.45) is 0.279. The number of nitrogens with zero attached hydrogens (tertiary/aromatic N) is 1. The molecule has 0 radical (unpaired) electrons. The zero-order valence-electron chi connectivity index (χ0n) is 13.3. The molecule has 1 atom stereocenters. The molecule has 0 spiro atoms. The molecule has 1 amide bonds. The first-order chi connectivity index (χ1) is 11.3. The van der Waals surface area contributed by atoms with E-state index >= 15 is 0 Å². The molecular formula is C19H21NO3. The summed E-state index contributed by atoms with van der Waals surface area (Å²) >= 11 is 0. The highest BCUT2D eigenvalue weighted by atomic mass is 16.6. The normalized spacial score (nSPS) is 21.1. The van der Waals surface area contributed by atoms with Gasteiger partial charge in [0.25, 0.3) is 0 Å². The Kier molecular flexibility index (Phi) is 4.63. The van der Waals surface area contributed by atoms with Crippen LogP contribution in [0.1, 0.15) is 24.5 Å². The van der Waals surface area contributed by atoms with Crippen molar-refractivity contribution in [3.63, 3.8) is 0 Å². The second kappa shape index (κ2) is 6.84. The molecule has 2 aromatic rings. The lowest BCUT2D eigenvalue weighted by Gasteiger charge is -2.46. The molecule has 0 aromatic heterocycles. The Hall–Kier alpha value is -2.33. The van der Waals surface area contributed by atoms with Crippen molar-refractivity contribution in [3.05, 3.63) is 71.8 Å². The van der Waals surface area contributed by atoms with E-state index in [1.807, 2.05) is 67.6 Å². The van der Waals surface area contributed by atoms with Gasteiger partial charge in [-0.05, 0) is 12.5 Å². The monoisotopic (exact) mass is 311 g/mol. The van der Waals surface area contributed by atoms with Crippen LogP contribution in [-0.4, -0.2) is 24.2 Å². The number of cyclic esters (lactones) is 1. The smallest absolute Gasteiger partial charge is 0.412 e. The Morgan fingerprint density at radius 2 is 1.74 bits per heavy atom. The standard InChI is InChI=1S/C19H21NO3/c1-2-23-19(17-11-7-4-8-12-17)13-14-22-18(21)20(19)15-16-9-5-3-6-10-16/h3-12H,2,13-15H2,1H3. The Morgan fingerprint density at radius 1 is 1.09 bits per heavy atom. The van der Waals surface area contributed by atoms with Crippen molar-refractivity contribution in [1.82, 2.24) is 4.90 Å². The van der Waals surface area contributed by atoms with Gasteiger partial charge in [0.15, 0.2) is 5.72 Å². The van der Waals surface area contributed by atoms with Gasteiger partial charge < -0.3 is 9.47 Å². The average molecular weight is 311 g/mol. The minimum absolute atomic E-state index is 0.336. The maximum atomic E-state index is 12.5. The Morgan fingerprint density at radius 3 is 2.39 bits per heavy atom. The number of carbonyl (C=O) groups excluding carboxylic acids is 1. The quantitative estimate of drug-likeness (QED) is 0.840. The fourth-order valence-electron chi connectivity index (χ4n) is 3.07. The van der Waals surface area contributed by atoms with E-state index in [0.717, 1.165) is 11.1 Å². The van der Waals surface area contributed by atoms with E-state index in [1.54, 1.807) is 4.90 Å². The molecular weight excluding hydrogens is 290 g/mol. The van der Waals surface area contributed by atoms with Crippen LogP contribution in [0.2, 0.25) is 0 Å². The molecule has 1 fully saturated rings. The fourth-order valence-corrected chi connectivity index (χ4v) is 3.07. The third-order valence-corrected chi connectivity index (χ3v) is 4.11. The average Bonchev–Trinajstić information content (AvgIpc) is 2.60. The van der Waals surface area contributed by atoms with Crippen molar-refractivity contribution in [1.29, 1.82) is 0 Å². The molecule has 3 rings (SSSR count). The third kappa shape index (κ3) is 3.08. The van der Waals surface area contributed by atoms with Crippen LogP contribution in [-0.2, 0) is 21.7 Å². The molecule has 120 valence electrons. The highest BCUT2D eigenvalue weighted by Gasteiger charge is 2.46. The van der Waals surface area contributed by atoms with E-state index in [4.69, 9.17) is 9.47 Å². The number of ether oxygens (including phenoxy) is 2. The highest BCUT2D eigenvalue weighted by Crippen LogP contribution is 2.38. The largest absolute Gasteiger partial charge is 0.449 e. The van der Waals surface area contributed by atoms with Gasteiger partial charge >= 0.3 is 6.09 Å².